The first kappa shape index (κ1) is 9.71. The molecule has 0 amide bonds. The summed E-state index contributed by atoms with van der Waals surface area (Å²) >= 11 is 0. The fraction of sp³-hybridized carbons (Fsp3) is 0.154. The van der Waals surface area contributed by atoms with E-state index >= 15 is 0 Å². The first-order valence-corrected chi connectivity index (χ1v) is 4.85. The highest BCUT2D eigenvalue weighted by atomic mass is 16.5. The number of carbonyl (C=O) groups excluding carboxylic acids is 1. The van der Waals surface area contributed by atoms with Gasteiger partial charge in [0.15, 0.2) is 0 Å². The van der Waals surface area contributed by atoms with Crippen molar-refractivity contribution in [3.8, 4) is 5.75 Å². The Labute approximate surface area is 88.5 Å². The number of aryl methyl sites for hydroxylation is 1. The van der Waals surface area contributed by atoms with Crippen LogP contribution in [-0.4, -0.2) is 5.97 Å². The molecule has 0 heterocycles. The van der Waals surface area contributed by atoms with Gasteiger partial charge in [-0.05, 0) is 17.9 Å². The summed E-state index contributed by atoms with van der Waals surface area (Å²) in [6, 6.07) is 11.9. The molecule has 0 aromatic heterocycles. The van der Waals surface area contributed by atoms with Crippen LogP contribution in [0.2, 0.25) is 0 Å². The molecular weight excluding hydrogens is 188 g/mol. The molecule has 15 heavy (non-hydrogen) atoms. The van der Waals surface area contributed by atoms with Crippen LogP contribution in [0.4, 0.5) is 0 Å². The third kappa shape index (κ3) is 1.84. The molecule has 0 N–H and O–H groups in total. The van der Waals surface area contributed by atoms with Gasteiger partial charge in [0, 0.05) is 12.3 Å². The molecule has 0 saturated heterocycles. The number of hydrogen-bond acceptors (Lipinski definition) is 2. The van der Waals surface area contributed by atoms with E-state index in [-0.39, 0.29) is 5.97 Å². The SMILES string of the molecule is CC(=O)Oc1c(C)ccc2ccccc12. The molecule has 0 radical (unpaired) electrons. The van der Waals surface area contributed by atoms with Crippen molar-refractivity contribution in [1.29, 1.82) is 0 Å². The van der Waals surface area contributed by atoms with E-state index in [1.165, 1.54) is 6.92 Å². The molecule has 0 aliphatic heterocycles. The predicted molar refractivity (Wildman–Crippen MR) is 60.0 cm³/mol. The van der Waals surface area contributed by atoms with E-state index in [1.54, 1.807) is 0 Å². The van der Waals surface area contributed by atoms with Gasteiger partial charge in [-0.3, -0.25) is 4.79 Å². The Balaban J connectivity index is 2.68. The van der Waals surface area contributed by atoms with E-state index in [4.69, 9.17) is 4.74 Å². The van der Waals surface area contributed by atoms with E-state index in [0.717, 1.165) is 16.3 Å². The van der Waals surface area contributed by atoms with Gasteiger partial charge in [-0.25, -0.2) is 0 Å². The minimum absolute atomic E-state index is 0.283. The highest BCUT2D eigenvalue weighted by Gasteiger charge is 2.07. The zero-order valence-corrected chi connectivity index (χ0v) is 8.78. The van der Waals surface area contributed by atoms with Crippen LogP contribution in [0, 0.1) is 6.92 Å². The van der Waals surface area contributed by atoms with Gasteiger partial charge in [-0.15, -0.1) is 0 Å². The summed E-state index contributed by atoms with van der Waals surface area (Å²) in [5, 5.41) is 2.06. The molecule has 76 valence electrons. The Morgan fingerprint density at radius 1 is 1.13 bits per heavy atom. The summed E-state index contributed by atoms with van der Waals surface area (Å²) in [4.78, 5) is 11.0. The van der Waals surface area contributed by atoms with Gasteiger partial charge in [-0.2, -0.15) is 0 Å². The maximum atomic E-state index is 11.0. The van der Waals surface area contributed by atoms with Gasteiger partial charge in [0.1, 0.15) is 5.75 Å². The Morgan fingerprint density at radius 3 is 2.60 bits per heavy atom. The van der Waals surface area contributed by atoms with E-state index in [9.17, 15) is 4.79 Å². The number of hydrogen-bond donors (Lipinski definition) is 0. The first-order chi connectivity index (χ1) is 7.18. The van der Waals surface area contributed by atoms with E-state index in [0.29, 0.717) is 5.75 Å². The van der Waals surface area contributed by atoms with Crippen molar-refractivity contribution in [2.24, 2.45) is 0 Å². The lowest BCUT2D eigenvalue weighted by Crippen LogP contribution is -2.03. The van der Waals surface area contributed by atoms with Crippen molar-refractivity contribution in [1.82, 2.24) is 0 Å². The molecule has 2 aromatic rings. The summed E-state index contributed by atoms with van der Waals surface area (Å²) < 4.78 is 5.22. The lowest BCUT2D eigenvalue weighted by Gasteiger charge is -2.08. The van der Waals surface area contributed by atoms with E-state index < -0.39 is 0 Å². The molecule has 0 saturated carbocycles. The highest BCUT2D eigenvalue weighted by Crippen LogP contribution is 2.29. The number of fused-ring (bicyclic) bond motifs is 1. The number of benzene rings is 2. The second-order valence-electron chi connectivity index (χ2n) is 3.53. The summed E-state index contributed by atoms with van der Waals surface area (Å²) in [5.74, 6) is 0.384. The van der Waals surface area contributed by atoms with Gasteiger partial charge < -0.3 is 4.74 Å². The Kier molecular flexibility index (Phi) is 2.42. The molecule has 0 bridgehead atoms. The largest absolute Gasteiger partial charge is 0.426 e. The molecule has 2 rings (SSSR count). The lowest BCUT2D eigenvalue weighted by atomic mass is 10.1. The van der Waals surface area contributed by atoms with Crippen molar-refractivity contribution in [2.75, 3.05) is 0 Å². The van der Waals surface area contributed by atoms with Crippen LogP contribution in [-0.2, 0) is 4.79 Å². The van der Waals surface area contributed by atoms with Crippen molar-refractivity contribution in [3.05, 3.63) is 42.0 Å². The number of rotatable bonds is 1. The van der Waals surface area contributed by atoms with Gasteiger partial charge >= 0.3 is 5.97 Å². The third-order valence-corrected chi connectivity index (χ3v) is 2.32. The topological polar surface area (TPSA) is 26.3 Å². The molecule has 0 unspecified atom stereocenters. The standard InChI is InChI=1S/C13H12O2/c1-9-7-8-11-5-3-4-6-12(11)13(9)15-10(2)14/h3-8H,1-2H3. The smallest absolute Gasteiger partial charge is 0.308 e. The van der Waals surface area contributed by atoms with Gasteiger partial charge in [0.05, 0.1) is 0 Å². The van der Waals surface area contributed by atoms with Crippen LogP contribution in [0.3, 0.4) is 0 Å². The fourth-order valence-corrected chi connectivity index (χ4v) is 1.63. The number of esters is 1. The minimum Gasteiger partial charge on any atom is -0.426 e. The Hall–Kier alpha value is -1.83. The molecule has 0 fully saturated rings. The molecular formula is C13H12O2. The molecule has 2 nitrogen and oxygen atoms in total. The van der Waals surface area contributed by atoms with Crippen LogP contribution in [0.25, 0.3) is 10.8 Å². The van der Waals surface area contributed by atoms with Gasteiger partial charge in [-0.1, -0.05) is 36.4 Å². The van der Waals surface area contributed by atoms with Crippen LogP contribution in [0.15, 0.2) is 36.4 Å². The van der Waals surface area contributed by atoms with Gasteiger partial charge in [0.2, 0.25) is 0 Å². The summed E-state index contributed by atoms with van der Waals surface area (Å²) in [7, 11) is 0. The molecule has 0 aliphatic rings. The van der Waals surface area contributed by atoms with Crippen LogP contribution in [0.5, 0.6) is 5.75 Å². The molecule has 2 aromatic carbocycles. The zero-order valence-electron chi connectivity index (χ0n) is 8.78. The predicted octanol–water partition coefficient (Wildman–Crippen LogP) is 3.07. The Morgan fingerprint density at radius 2 is 1.87 bits per heavy atom. The first-order valence-electron chi connectivity index (χ1n) is 4.85. The fourth-order valence-electron chi connectivity index (χ4n) is 1.63. The summed E-state index contributed by atoms with van der Waals surface area (Å²) in [6.07, 6.45) is 0. The second kappa shape index (κ2) is 3.73. The number of carbonyl (C=O) groups is 1. The average Bonchev–Trinajstić information content (AvgIpc) is 2.22. The van der Waals surface area contributed by atoms with Crippen molar-refractivity contribution < 1.29 is 9.53 Å². The van der Waals surface area contributed by atoms with Crippen LogP contribution < -0.4 is 4.74 Å². The monoisotopic (exact) mass is 200 g/mol. The molecule has 0 aliphatic carbocycles. The van der Waals surface area contributed by atoms with E-state index in [2.05, 4.69) is 0 Å². The second-order valence-corrected chi connectivity index (χ2v) is 3.53. The Bertz CT molecular complexity index is 515. The van der Waals surface area contributed by atoms with Crippen LogP contribution in [0.1, 0.15) is 12.5 Å². The molecule has 2 heteroatoms. The highest BCUT2D eigenvalue weighted by molar-refractivity contribution is 5.91. The third-order valence-electron chi connectivity index (χ3n) is 2.32. The summed E-state index contributed by atoms with van der Waals surface area (Å²) in [5.41, 5.74) is 0.976. The maximum absolute atomic E-state index is 11.0. The lowest BCUT2D eigenvalue weighted by molar-refractivity contribution is -0.131. The van der Waals surface area contributed by atoms with Crippen molar-refractivity contribution in [2.45, 2.75) is 13.8 Å². The average molecular weight is 200 g/mol. The van der Waals surface area contributed by atoms with Crippen molar-refractivity contribution in [3.63, 3.8) is 0 Å². The zero-order chi connectivity index (χ0) is 10.8. The summed E-state index contributed by atoms with van der Waals surface area (Å²) in [6.45, 7) is 3.35. The van der Waals surface area contributed by atoms with E-state index in [1.807, 2.05) is 43.3 Å². The van der Waals surface area contributed by atoms with Crippen LogP contribution >= 0.6 is 0 Å². The van der Waals surface area contributed by atoms with Crippen molar-refractivity contribution >= 4 is 16.7 Å². The minimum atomic E-state index is -0.283. The maximum Gasteiger partial charge on any atom is 0.308 e. The molecule has 0 atom stereocenters. The number of ether oxygens (including phenoxy) is 1. The quantitative estimate of drug-likeness (QED) is 0.522. The van der Waals surface area contributed by atoms with Gasteiger partial charge in [0.25, 0.3) is 0 Å². The molecule has 0 spiro atoms. The normalized spacial score (nSPS) is 10.3.